The molecule has 0 saturated carbocycles. The molecule has 152 valence electrons. The highest BCUT2D eigenvalue weighted by atomic mass is 16.2. The van der Waals surface area contributed by atoms with Gasteiger partial charge in [0.1, 0.15) is 11.4 Å². The first-order valence-electron chi connectivity index (χ1n) is 10.3. The van der Waals surface area contributed by atoms with Crippen LogP contribution in [0.15, 0.2) is 49.2 Å². The average Bonchev–Trinajstić information content (AvgIpc) is 3.22. The van der Waals surface area contributed by atoms with Crippen molar-refractivity contribution in [1.82, 2.24) is 19.9 Å². The molecule has 2 aliphatic rings. The van der Waals surface area contributed by atoms with Crippen molar-refractivity contribution >= 4 is 23.4 Å². The van der Waals surface area contributed by atoms with Gasteiger partial charge in [-0.15, -0.1) is 0 Å². The molecular formula is C22H23N7O. The number of carbonyl (C=O) groups excluding carboxylic acids is 1. The first-order chi connectivity index (χ1) is 14.7. The molecule has 1 amide bonds. The highest BCUT2D eigenvalue weighted by Crippen LogP contribution is 2.34. The van der Waals surface area contributed by atoms with Crippen LogP contribution < -0.4 is 15.1 Å². The number of fused-ring (bicyclic) bond motifs is 3. The average molecular weight is 401 g/mol. The van der Waals surface area contributed by atoms with E-state index in [9.17, 15) is 4.79 Å². The van der Waals surface area contributed by atoms with Crippen LogP contribution in [0.2, 0.25) is 0 Å². The van der Waals surface area contributed by atoms with Crippen LogP contribution in [0.3, 0.4) is 0 Å². The quantitative estimate of drug-likeness (QED) is 0.719. The first-order valence-corrected chi connectivity index (χ1v) is 10.3. The molecule has 1 atom stereocenters. The van der Waals surface area contributed by atoms with Gasteiger partial charge in [-0.2, -0.15) is 4.98 Å². The molecule has 8 nitrogen and oxygen atoms in total. The molecule has 1 saturated heterocycles. The van der Waals surface area contributed by atoms with Gasteiger partial charge >= 0.3 is 0 Å². The number of aromatic nitrogens is 4. The fraction of sp³-hybridized carbons (Fsp3) is 0.318. The molecule has 5 heterocycles. The van der Waals surface area contributed by atoms with Crippen LogP contribution in [0.5, 0.6) is 0 Å². The zero-order valence-corrected chi connectivity index (χ0v) is 16.8. The van der Waals surface area contributed by atoms with E-state index in [0.717, 1.165) is 48.6 Å². The molecule has 0 radical (unpaired) electrons. The molecule has 1 N–H and O–H groups in total. The number of nitrogens with zero attached hydrogens (tertiary/aromatic N) is 6. The molecule has 5 rings (SSSR count). The molecule has 0 aliphatic carbocycles. The number of nitrogens with one attached hydrogen (secondary N) is 1. The maximum Gasteiger partial charge on any atom is 0.263 e. The van der Waals surface area contributed by atoms with Crippen molar-refractivity contribution in [1.29, 1.82) is 0 Å². The highest BCUT2D eigenvalue weighted by molar-refractivity contribution is 6.10. The summed E-state index contributed by atoms with van der Waals surface area (Å²) in [6.45, 7) is 4.24. The van der Waals surface area contributed by atoms with Crippen molar-refractivity contribution in [3.8, 4) is 11.1 Å². The van der Waals surface area contributed by atoms with E-state index in [1.807, 2.05) is 36.2 Å². The summed E-state index contributed by atoms with van der Waals surface area (Å²) in [6, 6.07) is 6.12. The van der Waals surface area contributed by atoms with Crippen LogP contribution in [0.1, 0.15) is 30.1 Å². The summed E-state index contributed by atoms with van der Waals surface area (Å²) in [5, 5.41) is 3.15. The summed E-state index contributed by atoms with van der Waals surface area (Å²) in [7, 11) is 0. The number of rotatable bonds is 4. The zero-order valence-electron chi connectivity index (χ0n) is 16.8. The van der Waals surface area contributed by atoms with E-state index in [1.165, 1.54) is 0 Å². The van der Waals surface area contributed by atoms with Crippen molar-refractivity contribution < 1.29 is 4.79 Å². The minimum atomic E-state index is -0.0869. The summed E-state index contributed by atoms with van der Waals surface area (Å²) in [6.07, 6.45) is 10.8. The topological polar surface area (TPSA) is 87.1 Å². The largest absolute Gasteiger partial charge is 0.354 e. The molecule has 3 aromatic heterocycles. The lowest BCUT2D eigenvalue weighted by molar-refractivity contribution is 0.0988. The van der Waals surface area contributed by atoms with Gasteiger partial charge in [-0.05, 0) is 43.5 Å². The van der Waals surface area contributed by atoms with E-state index in [-0.39, 0.29) is 11.9 Å². The van der Waals surface area contributed by atoms with Gasteiger partial charge in [0.15, 0.2) is 0 Å². The number of amides is 1. The van der Waals surface area contributed by atoms with Crippen LogP contribution >= 0.6 is 0 Å². The number of pyridine rings is 2. The minimum absolute atomic E-state index is 0.0869. The lowest BCUT2D eigenvalue weighted by Crippen LogP contribution is -2.39. The third kappa shape index (κ3) is 3.24. The van der Waals surface area contributed by atoms with Crippen LogP contribution in [0.4, 0.5) is 17.5 Å². The monoisotopic (exact) mass is 401 g/mol. The van der Waals surface area contributed by atoms with Crippen molar-refractivity contribution in [3.05, 3.63) is 54.7 Å². The van der Waals surface area contributed by atoms with Crippen molar-refractivity contribution in [2.24, 2.45) is 0 Å². The van der Waals surface area contributed by atoms with Crippen molar-refractivity contribution in [3.63, 3.8) is 0 Å². The maximum absolute atomic E-state index is 13.5. The Morgan fingerprint density at radius 3 is 2.83 bits per heavy atom. The third-order valence-electron chi connectivity index (χ3n) is 5.67. The Kier molecular flexibility index (Phi) is 4.74. The molecule has 1 fully saturated rings. The molecule has 0 aromatic carbocycles. The molecule has 30 heavy (non-hydrogen) atoms. The Labute approximate surface area is 175 Å². The van der Waals surface area contributed by atoms with Crippen LogP contribution in [-0.4, -0.2) is 51.5 Å². The predicted molar refractivity (Wildman–Crippen MR) is 116 cm³/mol. The van der Waals surface area contributed by atoms with Crippen molar-refractivity contribution in [2.75, 3.05) is 34.8 Å². The van der Waals surface area contributed by atoms with E-state index in [1.54, 1.807) is 24.8 Å². The van der Waals surface area contributed by atoms with Gasteiger partial charge in [-0.3, -0.25) is 14.8 Å². The van der Waals surface area contributed by atoms with E-state index in [4.69, 9.17) is 0 Å². The lowest BCUT2D eigenvalue weighted by Gasteiger charge is -2.27. The van der Waals surface area contributed by atoms with Crippen LogP contribution in [0.25, 0.3) is 11.1 Å². The summed E-state index contributed by atoms with van der Waals surface area (Å²) in [4.78, 5) is 35.2. The second kappa shape index (κ2) is 7.70. The minimum Gasteiger partial charge on any atom is -0.354 e. The van der Waals surface area contributed by atoms with Gasteiger partial charge in [0.2, 0.25) is 5.95 Å². The molecule has 0 spiro atoms. The Hall–Kier alpha value is -3.55. The Bertz CT molecular complexity index is 1070. The van der Waals surface area contributed by atoms with Gasteiger partial charge in [0, 0.05) is 56.0 Å². The van der Waals surface area contributed by atoms with Gasteiger partial charge in [-0.25, -0.2) is 4.98 Å². The van der Waals surface area contributed by atoms with Crippen LogP contribution in [-0.2, 0) is 0 Å². The summed E-state index contributed by atoms with van der Waals surface area (Å²) >= 11 is 0. The van der Waals surface area contributed by atoms with Crippen LogP contribution in [0, 0.1) is 0 Å². The lowest BCUT2D eigenvalue weighted by atomic mass is 10.1. The molecule has 0 bridgehead atoms. The summed E-state index contributed by atoms with van der Waals surface area (Å²) < 4.78 is 0. The maximum atomic E-state index is 13.5. The van der Waals surface area contributed by atoms with Crippen molar-refractivity contribution in [2.45, 2.75) is 25.8 Å². The second-order valence-corrected chi connectivity index (χ2v) is 7.53. The standard InChI is InChI=1S/C22H23N7O/c1-2-25-22-26-13-19-20(27-22)28-9-3-4-17(28)14-29(21(19)30)18-10-16(11-24-12-18)15-5-7-23-8-6-15/h5-8,10-13,17H,2-4,9,14H2,1H3,(H,25,26,27)/t17-/m0/s1. The van der Waals surface area contributed by atoms with E-state index in [0.29, 0.717) is 18.1 Å². The molecule has 0 unspecified atom stereocenters. The molecule has 3 aromatic rings. The van der Waals surface area contributed by atoms with Gasteiger partial charge in [0.05, 0.1) is 11.9 Å². The Morgan fingerprint density at radius 1 is 1.13 bits per heavy atom. The number of hydrogen-bond donors (Lipinski definition) is 1. The Morgan fingerprint density at radius 2 is 2.00 bits per heavy atom. The van der Waals surface area contributed by atoms with Gasteiger partial charge in [0.25, 0.3) is 5.91 Å². The highest BCUT2D eigenvalue weighted by Gasteiger charge is 2.37. The third-order valence-corrected chi connectivity index (χ3v) is 5.67. The zero-order chi connectivity index (χ0) is 20.5. The Balaban J connectivity index is 1.56. The number of anilines is 3. The fourth-order valence-corrected chi connectivity index (χ4v) is 4.23. The van der Waals surface area contributed by atoms with E-state index < -0.39 is 0 Å². The van der Waals surface area contributed by atoms with Gasteiger partial charge in [-0.1, -0.05) is 0 Å². The fourth-order valence-electron chi connectivity index (χ4n) is 4.23. The summed E-state index contributed by atoms with van der Waals surface area (Å²) in [5.74, 6) is 1.20. The molecule has 8 heteroatoms. The SMILES string of the molecule is CCNc1ncc2c(n1)N1CCC[C@H]1CN(c1cncc(-c3ccncc3)c1)C2=O. The number of hydrogen-bond acceptors (Lipinski definition) is 7. The number of carbonyl (C=O) groups is 1. The predicted octanol–water partition coefficient (Wildman–Crippen LogP) is 2.99. The normalized spacial score (nSPS) is 18.0. The first kappa shape index (κ1) is 18.5. The van der Waals surface area contributed by atoms with E-state index in [2.05, 4.69) is 30.2 Å². The molecular weight excluding hydrogens is 378 g/mol. The van der Waals surface area contributed by atoms with E-state index >= 15 is 0 Å². The smallest absolute Gasteiger partial charge is 0.263 e. The second-order valence-electron chi connectivity index (χ2n) is 7.53. The summed E-state index contributed by atoms with van der Waals surface area (Å²) in [5.41, 5.74) is 3.29. The van der Waals surface area contributed by atoms with Gasteiger partial charge < -0.3 is 15.1 Å². The molecule has 2 aliphatic heterocycles.